The van der Waals surface area contributed by atoms with Gasteiger partial charge in [0, 0.05) is 5.56 Å². The summed E-state index contributed by atoms with van der Waals surface area (Å²) < 4.78 is 23.1. The van der Waals surface area contributed by atoms with Crippen molar-refractivity contribution in [1.29, 1.82) is 5.41 Å². The minimum Gasteiger partial charge on any atom is -0.489 e. The Hall–Kier alpha value is -2.36. The topological polar surface area (TPSA) is 42.3 Å². The van der Waals surface area contributed by atoms with Gasteiger partial charge in [-0.05, 0) is 42.0 Å². The molecule has 4 heteroatoms. The van der Waals surface area contributed by atoms with E-state index in [9.17, 15) is 4.39 Å². The largest absolute Gasteiger partial charge is 0.489 e. The van der Waals surface area contributed by atoms with E-state index in [2.05, 4.69) is 0 Å². The molecular formula is C15H14FNO2. The van der Waals surface area contributed by atoms with Crippen LogP contribution in [0.3, 0.4) is 0 Å². The van der Waals surface area contributed by atoms with Gasteiger partial charge >= 0.3 is 0 Å². The van der Waals surface area contributed by atoms with Crippen molar-refractivity contribution in [3.8, 4) is 5.75 Å². The van der Waals surface area contributed by atoms with Gasteiger partial charge in [-0.25, -0.2) is 4.39 Å². The van der Waals surface area contributed by atoms with Crippen molar-refractivity contribution in [2.75, 3.05) is 7.11 Å². The van der Waals surface area contributed by atoms with Crippen molar-refractivity contribution in [3.05, 3.63) is 65.5 Å². The molecule has 0 atom stereocenters. The summed E-state index contributed by atoms with van der Waals surface area (Å²) in [5, 5.41) is 7.51. The number of rotatable bonds is 4. The summed E-state index contributed by atoms with van der Waals surface area (Å²) in [6.07, 6.45) is 0. The molecule has 1 N–H and O–H groups in total. The Bertz CT molecular complexity index is 549. The first-order valence-electron chi connectivity index (χ1n) is 5.79. The molecule has 0 spiro atoms. The Labute approximate surface area is 111 Å². The van der Waals surface area contributed by atoms with Crippen LogP contribution in [-0.4, -0.2) is 13.0 Å². The van der Waals surface area contributed by atoms with E-state index < -0.39 is 0 Å². The first-order chi connectivity index (χ1) is 9.19. The van der Waals surface area contributed by atoms with Crippen LogP contribution in [0.25, 0.3) is 0 Å². The molecule has 0 saturated carbocycles. The Balaban J connectivity index is 1.96. The van der Waals surface area contributed by atoms with Crippen molar-refractivity contribution < 1.29 is 13.9 Å². The average Bonchev–Trinajstić information content (AvgIpc) is 2.46. The van der Waals surface area contributed by atoms with Gasteiger partial charge in [-0.1, -0.05) is 12.1 Å². The number of methoxy groups -OCH3 is 1. The monoisotopic (exact) mass is 259 g/mol. The van der Waals surface area contributed by atoms with Crippen LogP contribution in [0.2, 0.25) is 0 Å². The van der Waals surface area contributed by atoms with Gasteiger partial charge in [-0.3, -0.25) is 5.41 Å². The molecule has 0 aliphatic heterocycles. The first-order valence-corrected chi connectivity index (χ1v) is 5.79. The molecule has 19 heavy (non-hydrogen) atoms. The zero-order valence-corrected chi connectivity index (χ0v) is 10.5. The Morgan fingerprint density at radius 1 is 1.05 bits per heavy atom. The summed E-state index contributed by atoms with van der Waals surface area (Å²) in [7, 11) is 1.46. The van der Waals surface area contributed by atoms with Gasteiger partial charge in [0.15, 0.2) is 0 Å². The van der Waals surface area contributed by atoms with Gasteiger partial charge in [-0.15, -0.1) is 0 Å². The van der Waals surface area contributed by atoms with Gasteiger partial charge in [0.2, 0.25) is 5.90 Å². The molecule has 98 valence electrons. The molecular weight excluding hydrogens is 245 g/mol. The molecule has 2 aromatic rings. The smallest absolute Gasteiger partial charge is 0.212 e. The Morgan fingerprint density at radius 2 is 1.68 bits per heavy atom. The van der Waals surface area contributed by atoms with E-state index in [4.69, 9.17) is 14.9 Å². The molecule has 2 rings (SSSR count). The number of hydrogen-bond acceptors (Lipinski definition) is 3. The highest BCUT2D eigenvalue weighted by Crippen LogP contribution is 2.15. The van der Waals surface area contributed by atoms with Gasteiger partial charge in [0.25, 0.3) is 0 Å². The fourth-order valence-corrected chi connectivity index (χ4v) is 1.57. The normalized spacial score (nSPS) is 10.0. The van der Waals surface area contributed by atoms with Gasteiger partial charge in [-0.2, -0.15) is 0 Å². The first kappa shape index (κ1) is 13.1. The molecule has 0 saturated heterocycles. The van der Waals surface area contributed by atoms with Crippen molar-refractivity contribution >= 4 is 5.90 Å². The predicted molar refractivity (Wildman–Crippen MR) is 71.0 cm³/mol. The van der Waals surface area contributed by atoms with Crippen molar-refractivity contribution in [1.82, 2.24) is 0 Å². The summed E-state index contributed by atoms with van der Waals surface area (Å²) in [6, 6.07) is 13.2. The van der Waals surface area contributed by atoms with Crippen LogP contribution in [-0.2, 0) is 11.3 Å². The summed E-state index contributed by atoms with van der Waals surface area (Å²) >= 11 is 0. The second kappa shape index (κ2) is 6.00. The lowest BCUT2D eigenvalue weighted by Crippen LogP contribution is -2.01. The van der Waals surface area contributed by atoms with Crippen molar-refractivity contribution in [2.24, 2.45) is 0 Å². The van der Waals surface area contributed by atoms with Gasteiger partial charge in [0.05, 0.1) is 7.11 Å². The lowest BCUT2D eigenvalue weighted by atomic mass is 10.2. The minimum atomic E-state index is -0.258. The molecule has 0 aliphatic carbocycles. The zero-order chi connectivity index (χ0) is 13.7. The van der Waals surface area contributed by atoms with E-state index in [0.717, 1.165) is 5.56 Å². The van der Waals surface area contributed by atoms with Crippen LogP contribution < -0.4 is 4.74 Å². The molecule has 0 heterocycles. The van der Waals surface area contributed by atoms with E-state index >= 15 is 0 Å². The molecule has 0 radical (unpaired) electrons. The van der Waals surface area contributed by atoms with Crippen LogP contribution in [0.1, 0.15) is 11.1 Å². The lowest BCUT2D eigenvalue weighted by molar-refractivity contribution is 0.306. The maximum atomic E-state index is 12.7. The van der Waals surface area contributed by atoms with Gasteiger partial charge < -0.3 is 9.47 Å². The van der Waals surface area contributed by atoms with Crippen LogP contribution in [0.4, 0.5) is 4.39 Å². The molecule has 0 unspecified atom stereocenters. The number of ether oxygens (including phenoxy) is 2. The third-order valence-corrected chi connectivity index (χ3v) is 2.64. The zero-order valence-electron chi connectivity index (χ0n) is 10.5. The number of halogens is 1. The van der Waals surface area contributed by atoms with E-state index in [1.54, 1.807) is 36.4 Å². The highest BCUT2D eigenvalue weighted by molar-refractivity contribution is 5.91. The van der Waals surface area contributed by atoms with Crippen molar-refractivity contribution in [2.45, 2.75) is 6.61 Å². The molecule has 0 amide bonds. The highest BCUT2D eigenvalue weighted by Gasteiger charge is 2.01. The molecule has 3 nitrogen and oxygen atoms in total. The predicted octanol–water partition coefficient (Wildman–Crippen LogP) is 3.38. The third-order valence-electron chi connectivity index (χ3n) is 2.64. The fraction of sp³-hybridized carbons (Fsp3) is 0.133. The van der Waals surface area contributed by atoms with Crippen LogP contribution in [0, 0.1) is 11.2 Å². The maximum absolute atomic E-state index is 12.7. The molecule has 0 aromatic heterocycles. The highest BCUT2D eigenvalue weighted by atomic mass is 19.1. The van der Waals surface area contributed by atoms with Crippen LogP contribution in [0.15, 0.2) is 48.5 Å². The number of hydrogen-bond donors (Lipinski definition) is 1. The third kappa shape index (κ3) is 3.55. The maximum Gasteiger partial charge on any atom is 0.212 e. The Kier molecular flexibility index (Phi) is 4.13. The summed E-state index contributed by atoms with van der Waals surface area (Å²) in [5.74, 6) is 0.549. The van der Waals surface area contributed by atoms with E-state index in [1.165, 1.54) is 19.2 Å². The lowest BCUT2D eigenvalue weighted by Gasteiger charge is -2.07. The number of benzene rings is 2. The number of nitrogens with one attached hydrogen (secondary N) is 1. The van der Waals surface area contributed by atoms with E-state index in [1.807, 2.05) is 0 Å². The van der Waals surface area contributed by atoms with E-state index in [0.29, 0.717) is 17.9 Å². The van der Waals surface area contributed by atoms with Crippen LogP contribution in [0.5, 0.6) is 5.75 Å². The molecule has 2 aromatic carbocycles. The molecule has 0 aliphatic rings. The molecule has 0 bridgehead atoms. The Morgan fingerprint density at radius 3 is 2.26 bits per heavy atom. The van der Waals surface area contributed by atoms with Gasteiger partial charge in [0.1, 0.15) is 18.2 Å². The van der Waals surface area contributed by atoms with Crippen molar-refractivity contribution in [3.63, 3.8) is 0 Å². The van der Waals surface area contributed by atoms with E-state index in [-0.39, 0.29) is 11.7 Å². The summed E-state index contributed by atoms with van der Waals surface area (Å²) in [5.41, 5.74) is 1.59. The SMILES string of the molecule is COC(=N)c1ccc(OCc2ccc(F)cc2)cc1. The quantitative estimate of drug-likeness (QED) is 0.675. The summed E-state index contributed by atoms with van der Waals surface area (Å²) in [4.78, 5) is 0. The second-order valence-corrected chi connectivity index (χ2v) is 3.97. The van der Waals surface area contributed by atoms with Crippen LogP contribution >= 0.6 is 0 Å². The fourth-order valence-electron chi connectivity index (χ4n) is 1.57. The molecule has 0 fully saturated rings. The summed E-state index contributed by atoms with van der Waals surface area (Å²) in [6.45, 7) is 0.376. The average molecular weight is 259 g/mol. The standard InChI is InChI=1S/C15H14FNO2/c1-18-15(17)12-4-8-14(9-5-12)19-10-11-2-6-13(16)7-3-11/h2-9,17H,10H2,1H3. The minimum absolute atomic E-state index is 0.116. The second-order valence-electron chi connectivity index (χ2n) is 3.97.